The molecule has 20 heavy (non-hydrogen) atoms. The van der Waals surface area contributed by atoms with Gasteiger partial charge in [0, 0.05) is 17.7 Å². The lowest BCUT2D eigenvalue weighted by molar-refractivity contribution is 0.0908. The fraction of sp³-hybridized carbons (Fsp3) is 0.467. The minimum absolute atomic E-state index is 0.146. The lowest BCUT2D eigenvalue weighted by Gasteiger charge is -2.25. The number of hydrogen-bond acceptors (Lipinski definition) is 3. The summed E-state index contributed by atoms with van der Waals surface area (Å²) in [6, 6.07) is 6.29. The van der Waals surface area contributed by atoms with Crippen molar-refractivity contribution in [3.63, 3.8) is 0 Å². The van der Waals surface area contributed by atoms with Crippen LogP contribution in [-0.2, 0) is 0 Å². The third-order valence-corrected chi connectivity index (χ3v) is 3.80. The Kier molecular flexibility index (Phi) is 4.74. The molecule has 0 radical (unpaired) electrons. The van der Waals surface area contributed by atoms with Gasteiger partial charge in [0.2, 0.25) is 5.91 Å². The highest BCUT2D eigenvalue weighted by Gasteiger charge is 2.19. The number of amides is 2. The number of carbonyl (C=O) groups excluding carboxylic acids is 2. The van der Waals surface area contributed by atoms with Crippen molar-refractivity contribution in [2.75, 3.05) is 6.54 Å². The van der Waals surface area contributed by atoms with Gasteiger partial charge < -0.3 is 16.2 Å². The smallest absolute Gasteiger partial charge is 0.251 e. The largest absolute Gasteiger partial charge is 0.393 e. The molecule has 1 fully saturated rings. The Morgan fingerprint density at radius 2 is 1.65 bits per heavy atom. The van der Waals surface area contributed by atoms with Gasteiger partial charge in [0.1, 0.15) is 0 Å². The predicted octanol–water partition coefficient (Wildman–Crippen LogP) is 1.07. The first-order valence-corrected chi connectivity index (χ1v) is 6.92. The van der Waals surface area contributed by atoms with E-state index in [-0.39, 0.29) is 12.0 Å². The summed E-state index contributed by atoms with van der Waals surface area (Å²) < 4.78 is 0. The Labute approximate surface area is 118 Å². The van der Waals surface area contributed by atoms with Crippen molar-refractivity contribution in [1.29, 1.82) is 0 Å². The van der Waals surface area contributed by atoms with Gasteiger partial charge in [-0.3, -0.25) is 9.59 Å². The summed E-state index contributed by atoms with van der Waals surface area (Å²) in [6.45, 7) is 0.628. The van der Waals surface area contributed by atoms with Crippen LogP contribution in [0.3, 0.4) is 0 Å². The van der Waals surface area contributed by atoms with Crippen LogP contribution in [0.25, 0.3) is 0 Å². The second kappa shape index (κ2) is 6.52. The Hall–Kier alpha value is -1.88. The molecular weight excluding hydrogens is 256 g/mol. The monoisotopic (exact) mass is 276 g/mol. The van der Waals surface area contributed by atoms with Crippen LogP contribution in [0.2, 0.25) is 0 Å². The first-order valence-electron chi connectivity index (χ1n) is 6.92. The van der Waals surface area contributed by atoms with Crippen LogP contribution >= 0.6 is 0 Å². The van der Waals surface area contributed by atoms with Crippen molar-refractivity contribution >= 4 is 11.8 Å². The van der Waals surface area contributed by atoms with E-state index in [1.807, 2.05) is 0 Å². The van der Waals surface area contributed by atoms with Crippen LogP contribution in [0.4, 0.5) is 0 Å². The minimum atomic E-state index is -0.502. The van der Waals surface area contributed by atoms with Crippen molar-refractivity contribution in [3.05, 3.63) is 35.4 Å². The molecule has 0 bridgehead atoms. The molecule has 0 unspecified atom stereocenters. The fourth-order valence-electron chi connectivity index (χ4n) is 2.47. The van der Waals surface area contributed by atoms with Crippen LogP contribution in [0.5, 0.6) is 0 Å². The van der Waals surface area contributed by atoms with Crippen LogP contribution in [0, 0.1) is 5.92 Å². The Balaban J connectivity index is 1.84. The van der Waals surface area contributed by atoms with Gasteiger partial charge in [0.15, 0.2) is 0 Å². The maximum atomic E-state index is 12.0. The third-order valence-electron chi connectivity index (χ3n) is 3.80. The van der Waals surface area contributed by atoms with Gasteiger partial charge in [-0.25, -0.2) is 0 Å². The molecule has 4 N–H and O–H groups in total. The topological polar surface area (TPSA) is 92.4 Å². The quantitative estimate of drug-likeness (QED) is 0.768. The van der Waals surface area contributed by atoms with Gasteiger partial charge in [-0.15, -0.1) is 0 Å². The lowest BCUT2D eigenvalue weighted by atomic mass is 9.87. The predicted molar refractivity (Wildman–Crippen MR) is 75.3 cm³/mol. The summed E-state index contributed by atoms with van der Waals surface area (Å²) in [7, 11) is 0. The molecule has 0 spiro atoms. The van der Waals surface area contributed by atoms with E-state index in [0.29, 0.717) is 23.6 Å². The highest BCUT2D eigenvalue weighted by atomic mass is 16.3. The van der Waals surface area contributed by atoms with Gasteiger partial charge in [-0.2, -0.15) is 0 Å². The van der Waals surface area contributed by atoms with Crippen molar-refractivity contribution in [3.8, 4) is 0 Å². The Morgan fingerprint density at radius 1 is 1.10 bits per heavy atom. The SMILES string of the molecule is NC(=O)c1ccc(C(=O)NCC2CCC(O)CC2)cc1. The number of primary amides is 1. The summed E-state index contributed by atoms with van der Waals surface area (Å²) in [5.41, 5.74) is 6.06. The van der Waals surface area contributed by atoms with E-state index in [0.717, 1.165) is 25.7 Å². The molecular formula is C15H20N2O3. The van der Waals surface area contributed by atoms with Gasteiger partial charge >= 0.3 is 0 Å². The molecule has 5 nitrogen and oxygen atoms in total. The second-order valence-corrected chi connectivity index (χ2v) is 5.33. The van der Waals surface area contributed by atoms with E-state index >= 15 is 0 Å². The van der Waals surface area contributed by atoms with E-state index < -0.39 is 5.91 Å². The number of rotatable bonds is 4. The molecule has 5 heteroatoms. The van der Waals surface area contributed by atoms with E-state index in [1.165, 1.54) is 0 Å². The first kappa shape index (κ1) is 14.5. The molecule has 2 rings (SSSR count). The number of aliphatic hydroxyl groups excluding tert-OH is 1. The molecule has 1 aromatic carbocycles. The van der Waals surface area contributed by atoms with Gasteiger partial charge in [0.25, 0.3) is 5.91 Å². The summed E-state index contributed by atoms with van der Waals surface area (Å²) >= 11 is 0. The van der Waals surface area contributed by atoms with Gasteiger partial charge in [-0.05, 0) is 55.9 Å². The Morgan fingerprint density at radius 3 is 2.20 bits per heavy atom. The maximum Gasteiger partial charge on any atom is 0.251 e. The average molecular weight is 276 g/mol. The summed E-state index contributed by atoms with van der Waals surface area (Å²) in [6.07, 6.45) is 3.34. The molecule has 0 heterocycles. The zero-order chi connectivity index (χ0) is 14.5. The van der Waals surface area contributed by atoms with E-state index in [4.69, 9.17) is 5.73 Å². The first-order chi connectivity index (χ1) is 9.56. The molecule has 1 aliphatic rings. The molecule has 1 aliphatic carbocycles. The minimum Gasteiger partial charge on any atom is -0.393 e. The third kappa shape index (κ3) is 3.81. The van der Waals surface area contributed by atoms with E-state index in [1.54, 1.807) is 24.3 Å². The average Bonchev–Trinajstić information content (AvgIpc) is 2.46. The van der Waals surface area contributed by atoms with Crippen LogP contribution in [0.1, 0.15) is 46.4 Å². The summed E-state index contributed by atoms with van der Waals surface area (Å²) in [4.78, 5) is 22.9. The number of hydrogen-bond donors (Lipinski definition) is 3. The maximum absolute atomic E-state index is 12.0. The number of aliphatic hydroxyl groups is 1. The number of nitrogens with two attached hydrogens (primary N) is 1. The van der Waals surface area contributed by atoms with Gasteiger partial charge in [0.05, 0.1) is 6.10 Å². The number of carbonyl (C=O) groups is 2. The molecule has 0 saturated heterocycles. The van der Waals surface area contributed by atoms with Crippen LogP contribution < -0.4 is 11.1 Å². The molecule has 1 aromatic rings. The highest BCUT2D eigenvalue weighted by molar-refractivity contribution is 5.97. The number of benzene rings is 1. The fourth-order valence-corrected chi connectivity index (χ4v) is 2.47. The highest BCUT2D eigenvalue weighted by Crippen LogP contribution is 2.23. The van der Waals surface area contributed by atoms with Crippen molar-refractivity contribution in [1.82, 2.24) is 5.32 Å². The standard InChI is InChI=1S/C15H20N2O3/c16-14(19)11-3-5-12(6-4-11)15(20)17-9-10-1-7-13(18)8-2-10/h3-6,10,13,18H,1-2,7-9H2,(H2,16,19)(H,17,20). The van der Waals surface area contributed by atoms with Crippen LogP contribution in [-0.4, -0.2) is 29.6 Å². The normalized spacial score (nSPS) is 22.2. The summed E-state index contributed by atoms with van der Waals surface area (Å²) in [5.74, 6) is -0.211. The zero-order valence-corrected chi connectivity index (χ0v) is 11.3. The molecule has 108 valence electrons. The molecule has 1 saturated carbocycles. The second-order valence-electron chi connectivity index (χ2n) is 5.33. The van der Waals surface area contributed by atoms with E-state index in [9.17, 15) is 14.7 Å². The zero-order valence-electron chi connectivity index (χ0n) is 11.3. The molecule has 0 aliphatic heterocycles. The molecule has 2 amide bonds. The Bertz CT molecular complexity index is 476. The lowest BCUT2D eigenvalue weighted by Crippen LogP contribution is -2.32. The van der Waals surface area contributed by atoms with Crippen LogP contribution in [0.15, 0.2) is 24.3 Å². The molecule has 0 aromatic heterocycles. The van der Waals surface area contributed by atoms with Gasteiger partial charge in [-0.1, -0.05) is 0 Å². The van der Waals surface area contributed by atoms with E-state index in [2.05, 4.69) is 5.32 Å². The van der Waals surface area contributed by atoms with Crippen molar-refractivity contribution < 1.29 is 14.7 Å². The van der Waals surface area contributed by atoms with Crippen molar-refractivity contribution in [2.45, 2.75) is 31.8 Å². The summed E-state index contributed by atoms with van der Waals surface area (Å²) in [5, 5.41) is 12.3. The van der Waals surface area contributed by atoms with Crippen molar-refractivity contribution in [2.24, 2.45) is 11.7 Å². The molecule has 0 atom stereocenters. The number of nitrogens with one attached hydrogen (secondary N) is 1.